The van der Waals surface area contributed by atoms with Crippen LogP contribution in [-0.4, -0.2) is 19.7 Å². The fourth-order valence-electron chi connectivity index (χ4n) is 2.43. The van der Waals surface area contributed by atoms with E-state index in [4.69, 9.17) is 0 Å². The molecule has 0 atom stereocenters. The Morgan fingerprint density at radius 1 is 0.769 bits per heavy atom. The van der Waals surface area contributed by atoms with Crippen LogP contribution in [0.5, 0.6) is 0 Å². The van der Waals surface area contributed by atoms with Crippen LogP contribution in [0.15, 0.2) is 91.0 Å². The average Bonchev–Trinajstić information content (AvgIpc) is 2.65. The van der Waals surface area contributed by atoms with E-state index in [9.17, 15) is 9.90 Å². The van der Waals surface area contributed by atoms with Crippen LogP contribution in [0, 0.1) is 0 Å². The van der Waals surface area contributed by atoms with Crippen molar-refractivity contribution in [2.75, 3.05) is 13.7 Å². The van der Waals surface area contributed by atoms with Crippen LogP contribution >= 0.6 is 7.92 Å². The van der Waals surface area contributed by atoms with Gasteiger partial charge in [0.25, 0.3) is 0 Å². The summed E-state index contributed by atoms with van der Waals surface area (Å²) in [6.07, 6.45) is 0. The number of carboxylic acid groups (broad SMARTS) is 1. The first kappa shape index (κ1) is 22.3. The van der Waals surface area contributed by atoms with Gasteiger partial charge in [-0.25, -0.2) is 0 Å². The standard InChI is InChI=1S/C18H15P.C3H6O3.Au/c1-4-10-16(11-5-1)19(17-12-6-2-7-13-17)18-14-8-3-9-15-18;1-6-2-3(4)5;/h1-15H;2H2,1H3,(H,4,5);/q;;+1. The molecule has 0 fully saturated rings. The fraction of sp³-hybridized carbons (Fsp3) is 0.0952. The number of carbonyl (C=O) groups excluding carboxylic acids is 1. The van der Waals surface area contributed by atoms with Gasteiger partial charge in [0.05, 0.1) is 20.5 Å². The van der Waals surface area contributed by atoms with Crippen LogP contribution < -0.4 is 21.0 Å². The second-order valence-corrected chi connectivity index (χ2v) is 7.76. The molecule has 0 aromatic heterocycles. The first-order valence-electron chi connectivity index (χ1n) is 7.94. The van der Waals surface area contributed by atoms with Crippen molar-refractivity contribution in [2.45, 2.75) is 0 Å². The molecule has 0 bridgehead atoms. The van der Waals surface area contributed by atoms with E-state index >= 15 is 0 Å². The molecule has 0 amide bonds. The zero-order valence-corrected chi connectivity index (χ0v) is 17.6. The smallest absolute Gasteiger partial charge is 0.548 e. The Balaban J connectivity index is 0.000000422. The number of hydrogen-bond acceptors (Lipinski definition) is 3. The molecule has 3 nitrogen and oxygen atoms in total. The van der Waals surface area contributed by atoms with Crippen molar-refractivity contribution in [2.24, 2.45) is 0 Å². The maximum Gasteiger partial charge on any atom is 1.00 e. The van der Waals surface area contributed by atoms with Crippen LogP contribution in [0.25, 0.3) is 0 Å². The number of ether oxygens (including phenoxy) is 1. The molecule has 0 radical (unpaired) electrons. The van der Waals surface area contributed by atoms with Crippen molar-refractivity contribution >= 4 is 29.8 Å². The normalized spacial score (nSPS) is 9.62. The molecular formula is C21H21AuO3P+. The Kier molecular flexibility index (Phi) is 10.8. The number of rotatable bonds is 5. The zero-order chi connectivity index (χ0) is 17.9. The number of hydrogen-bond donors (Lipinski definition) is 0. The van der Waals surface area contributed by atoms with E-state index in [1.165, 1.54) is 23.0 Å². The van der Waals surface area contributed by atoms with Crippen LogP contribution in [0.1, 0.15) is 0 Å². The van der Waals surface area contributed by atoms with Gasteiger partial charge in [0.1, 0.15) is 15.9 Å². The Hall–Kier alpha value is -1.74. The molecule has 0 aliphatic rings. The third kappa shape index (κ3) is 7.25. The van der Waals surface area contributed by atoms with Gasteiger partial charge in [-0.1, -0.05) is 54.6 Å². The summed E-state index contributed by atoms with van der Waals surface area (Å²) >= 11 is 0. The third-order valence-electron chi connectivity index (χ3n) is 3.45. The number of carbonyl (C=O) groups is 1. The summed E-state index contributed by atoms with van der Waals surface area (Å²) in [5.41, 5.74) is 0. The molecule has 0 heterocycles. The van der Waals surface area contributed by atoms with E-state index in [-0.39, 0.29) is 29.0 Å². The molecule has 0 unspecified atom stereocenters. The van der Waals surface area contributed by atoms with Crippen molar-refractivity contribution in [3.63, 3.8) is 0 Å². The van der Waals surface area contributed by atoms with Crippen LogP contribution in [0.2, 0.25) is 0 Å². The largest absolute Gasteiger partial charge is 1.00 e. The molecule has 0 N–H and O–H groups in total. The van der Waals surface area contributed by atoms with Gasteiger partial charge in [0.2, 0.25) is 0 Å². The molecule has 26 heavy (non-hydrogen) atoms. The van der Waals surface area contributed by atoms with Crippen LogP contribution in [0.4, 0.5) is 0 Å². The molecule has 0 saturated carbocycles. The minimum atomic E-state index is -1.18. The minimum absolute atomic E-state index is 0. The Labute approximate surface area is 171 Å². The number of carboxylic acids is 1. The Bertz CT molecular complexity index is 658. The SMILES string of the molecule is COCC(=O)[O-].[Au+].c1ccc([PH+](c2ccccc2)c2ccccc2)cc1. The molecule has 5 heteroatoms. The average molecular weight is 549 g/mol. The van der Waals surface area contributed by atoms with Crippen LogP contribution in [0.3, 0.4) is 0 Å². The molecule has 3 aromatic carbocycles. The minimum Gasteiger partial charge on any atom is -0.548 e. The second-order valence-electron chi connectivity index (χ2n) is 5.28. The maximum atomic E-state index is 9.36. The van der Waals surface area contributed by atoms with Crippen molar-refractivity contribution in [1.82, 2.24) is 0 Å². The van der Waals surface area contributed by atoms with Crippen LogP contribution in [-0.2, 0) is 31.9 Å². The predicted octanol–water partition coefficient (Wildman–Crippen LogP) is 1.56. The van der Waals surface area contributed by atoms with E-state index in [0.29, 0.717) is 0 Å². The predicted molar refractivity (Wildman–Crippen MR) is 103 cm³/mol. The summed E-state index contributed by atoms with van der Waals surface area (Å²) in [5.74, 6) is -1.18. The molecule has 3 aromatic rings. The molecular weight excluding hydrogens is 528 g/mol. The van der Waals surface area contributed by atoms with Crippen molar-refractivity contribution in [1.29, 1.82) is 0 Å². The molecule has 0 spiro atoms. The summed E-state index contributed by atoms with van der Waals surface area (Å²) in [5, 5.41) is 13.7. The van der Waals surface area contributed by atoms with Crippen molar-refractivity contribution < 1.29 is 37.0 Å². The summed E-state index contributed by atoms with van der Waals surface area (Å²) in [7, 11) is 0.424. The fourth-order valence-corrected chi connectivity index (χ4v) is 5.01. The summed E-state index contributed by atoms with van der Waals surface area (Å²) in [4.78, 5) is 9.36. The summed E-state index contributed by atoms with van der Waals surface area (Å²) < 4.78 is 4.14. The van der Waals surface area contributed by atoms with Gasteiger partial charge in [-0.15, -0.1) is 0 Å². The van der Waals surface area contributed by atoms with Gasteiger partial charge < -0.3 is 14.6 Å². The summed E-state index contributed by atoms with van der Waals surface area (Å²) in [6.45, 7) is -0.319. The van der Waals surface area contributed by atoms with Crippen molar-refractivity contribution in [3.8, 4) is 0 Å². The van der Waals surface area contributed by atoms with E-state index in [1.807, 2.05) is 0 Å². The Morgan fingerprint density at radius 2 is 1.08 bits per heavy atom. The molecule has 0 aliphatic carbocycles. The van der Waals surface area contributed by atoms with Gasteiger partial charge in [-0.2, -0.15) is 0 Å². The van der Waals surface area contributed by atoms with Crippen molar-refractivity contribution in [3.05, 3.63) is 91.0 Å². The van der Waals surface area contributed by atoms with E-state index in [0.717, 1.165) is 0 Å². The maximum absolute atomic E-state index is 9.36. The van der Waals surface area contributed by atoms with Gasteiger partial charge in [0.15, 0.2) is 0 Å². The number of aliphatic carboxylic acids is 1. The van der Waals surface area contributed by atoms with Gasteiger partial charge in [-0.3, -0.25) is 0 Å². The molecule has 0 saturated heterocycles. The second kappa shape index (κ2) is 12.6. The van der Waals surface area contributed by atoms with Gasteiger partial charge in [0, 0.05) is 7.11 Å². The van der Waals surface area contributed by atoms with E-state index < -0.39 is 13.9 Å². The van der Waals surface area contributed by atoms with Gasteiger partial charge in [-0.05, 0) is 36.4 Å². The first-order valence-corrected chi connectivity index (χ1v) is 9.44. The first-order chi connectivity index (χ1) is 12.2. The molecule has 0 aliphatic heterocycles. The third-order valence-corrected chi connectivity index (χ3v) is 6.18. The quantitative estimate of drug-likeness (QED) is 0.359. The number of benzene rings is 3. The van der Waals surface area contributed by atoms with Gasteiger partial charge >= 0.3 is 22.4 Å². The number of methoxy groups -OCH3 is 1. The van der Waals surface area contributed by atoms with E-state index in [1.54, 1.807) is 0 Å². The topological polar surface area (TPSA) is 49.4 Å². The molecule has 3 rings (SSSR count). The Morgan fingerprint density at radius 3 is 1.27 bits per heavy atom. The summed E-state index contributed by atoms with van der Waals surface area (Å²) in [6, 6.07) is 32.5. The molecule has 138 valence electrons. The monoisotopic (exact) mass is 549 g/mol. The van der Waals surface area contributed by atoms with E-state index in [2.05, 4.69) is 95.7 Å². The zero-order valence-electron chi connectivity index (χ0n) is 14.4.